The van der Waals surface area contributed by atoms with Crippen molar-refractivity contribution in [2.24, 2.45) is 0 Å². The molecule has 2 heterocycles. The van der Waals surface area contributed by atoms with Crippen molar-refractivity contribution in [2.45, 2.75) is 51.6 Å². The average molecular weight is 405 g/mol. The predicted octanol–water partition coefficient (Wildman–Crippen LogP) is 0.941. The first-order valence-electron chi connectivity index (χ1n) is 10.5. The highest BCUT2D eigenvalue weighted by Gasteiger charge is 2.32. The maximum Gasteiger partial charge on any atom is 0.278 e. The maximum absolute atomic E-state index is 13.0. The van der Waals surface area contributed by atoms with Gasteiger partial charge >= 0.3 is 0 Å². The van der Waals surface area contributed by atoms with Crippen LogP contribution < -0.4 is 19.7 Å². The molecule has 29 heavy (non-hydrogen) atoms. The van der Waals surface area contributed by atoms with Crippen molar-refractivity contribution in [3.8, 4) is 11.5 Å². The van der Waals surface area contributed by atoms with Crippen molar-refractivity contribution in [1.82, 2.24) is 10.2 Å². The van der Waals surface area contributed by atoms with Crippen LogP contribution in [-0.2, 0) is 9.59 Å². The summed E-state index contributed by atoms with van der Waals surface area (Å²) >= 11 is 0. The Bertz CT molecular complexity index is 744. The molecule has 0 aromatic heterocycles. The Morgan fingerprint density at radius 3 is 2.59 bits per heavy atom. The van der Waals surface area contributed by atoms with Gasteiger partial charge in [0.2, 0.25) is 0 Å². The molecule has 2 aliphatic rings. The van der Waals surface area contributed by atoms with Crippen LogP contribution in [0.1, 0.15) is 51.6 Å². The Kier molecular flexibility index (Phi) is 6.67. The smallest absolute Gasteiger partial charge is 0.278 e. The summed E-state index contributed by atoms with van der Waals surface area (Å²) < 4.78 is 11.5. The second-order valence-electron chi connectivity index (χ2n) is 9.11. The van der Waals surface area contributed by atoms with E-state index in [0.717, 1.165) is 47.8 Å². The lowest BCUT2D eigenvalue weighted by Gasteiger charge is -2.27. The van der Waals surface area contributed by atoms with E-state index >= 15 is 0 Å². The van der Waals surface area contributed by atoms with Crippen LogP contribution in [0.25, 0.3) is 0 Å². The molecule has 1 fully saturated rings. The summed E-state index contributed by atoms with van der Waals surface area (Å²) in [6, 6.07) is 6.06. The van der Waals surface area contributed by atoms with Gasteiger partial charge in [-0.05, 0) is 51.3 Å². The number of amides is 2. The summed E-state index contributed by atoms with van der Waals surface area (Å²) in [6.45, 7) is 8.51. The number of nitrogens with one attached hydrogen (secondary N) is 2. The average Bonchev–Trinajstić information content (AvgIpc) is 2.98. The highest BCUT2D eigenvalue weighted by atomic mass is 16.5. The van der Waals surface area contributed by atoms with Gasteiger partial charge in [-0.15, -0.1) is 0 Å². The quantitative estimate of drug-likeness (QED) is 0.766. The molecule has 7 nitrogen and oxygen atoms in total. The lowest BCUT2D eigenvalue weighted by molar-refractivity contribution is -0.863. The number of carbonyl (C=O) groups is 2. The third kappa shape index (κ3) is 5.85. The fourth-order valence-electron chi connectivity index (χ4n) is 3.96. The molecule has 1 unspecified atom stereocenters. The standard InChI is InChI=1S/C22H33N3O4/c1-22(2,3)23-20(26)14-24(4)15-21(27)25-10-5-7-17(25)16-8-9-18-19(13-16)29-12-6-11-28-18/h8-9,13,17H,5-7,10-12,14-15H2,1-4H3,(H,23,26)/p+1/t17-/m0/s1. The maximum atomic E-state index is 13.0. The van der Waals surface area contributed by atoms with Crippen LogP contribution in [0.15, 0.2) is 18.2 Å². The van der Waals surface area contributed by atoms with Crippen molar-refractivity contribution in [2.75, 3.05) is 39.9 Å². The molecule has 1 saturated heterocycles. The number of likely N-dealkylation sites (tertiary alicyclic amines) is 1. The van der Waals surface area contributed by atoms with Gasteiger partial charge in [0, 0.05) is 18.5 Å². The Morgan fingerprint density at radius 1 is 1.14 bits per heavy atom. The number of nitrogens with zero attached hydrogens (tertiary/aromatic N) is 1. The topological polar surface area (TPSA) is 72.3 Å². The van der Waals surface area contributed by atoms with Crippen LogP contribution in [0, 0.1) is 0 Å². The summed E-state index contributed by atoms with van der Waals surface area (Å²) in [5.74, 6) is 1.58. The normalized spacial score (nSPS) is 20.1. The molecule has 7 heteroatoms. The van der Waals surface area contributed by atoms with E-state index < -0.39 is 0 Å². The number of carbonyl (C=O) groups excluding carboxylic acids is 2. The molecule has 2 aliphatic heterocycles. The molecule has 3 rings (SSSR count). The van der Waals surface area contributed by atoms with E-state index in [4.69, 9.17) is 9.47 Å². The Morgan fingerprint density at radius 2 is 1.86 bits per heavy atom. The summed E-state index contributed by atoms with van der Waals surface area (Å²) in [5.41, 5.74) is 0.821. The summed E-state index contributed by atoms with van der Waals surface area (Å²) in [4.78, 5) is 27.9. The highest BCUT2D eigenvalue weighted by molar-refractivity contribution is 5.79. The minimum absolute atomic E-state index is 0.0383. The lowest BCUT2D eigenvalue weighted by Crippen LogP contribution is -3.11. The number of rotatable bonds is 5. The monoisotopic (exact) mass is 404 g/mol. The molecule has 1 aromatic rings. The minimum atomic E-state index is -0.265. The molecule has 2 atom stereocenters. The number of ether oxygens (including phenoxy) is 2. The van der Waals surface area contributed by atoms with Gasteiger partial charge in [-0.2, -0.15) is 0 Å². The molecule has 0 aliphatic carbocycles. The van der Waals surface area contributed by atoms with Gasteiger partial charge in [0.05, 0.1) is 26.3 Å². The summed E-state index contributed by atoms with van der Waals surface area (Å²) in [7, 11) is 1.89. The molecule has 2 amide bonds. The molecule has 0 spiro atoms. The Hall–Kier alpha value is -2.28. The van der Waals surface area contributed by atoms with Crippen molar-refractivity contribution in [3.63, 3.8) is 0 Å². The van der Waals surface area contributed by atoms with Gasteiger partial charge in [-0.25, -0.2) is 0 Å². The fourth-order valence-corrected chi connectivity index (χ4v) is 3.96. The second kappa shape index (κ2) is 9.03. The van der Waals surface area contributed by atoms with Gasteiger partial charge < -0.3 is 24.6 Å². The number of benzene rings is 1. The Balaban J connectivity index is 1.62. The van der Waals surface area contributed by atoms with Crippen molar-refractivity contribution < 1.29 is 24.0 Å². The third-order valence-corrected chi connectivity index (χ3v) is 5.16. The van der Waals surface area contributed by atoms with E-state index in [2.05, 4.69) is 5.32 Å². The highest BCUT2D eigenvalue weighted by Crippen LogP contribution is 2.37. The van der Waals surface area contributed by atoms with Crippen LogP contribution in [0.5, 0.6) is 11.5 Å². The SMILES string of the molecule is C[NH+](CC(=O)NC(C)(C)C)CC(=O)N1CCC[C@H]1c1ccc2c(c1)OCCCO2. The lowest BCUT2D eigenvalue weighted by atomic mass is 10.0. The molecule has 0 radical (unpaired) electrons. The van der Waals surface area contributed by atoms with Crippen LogP contribution in [-0.4, -0.2) is 62.1 Å². The van der Waals surface area contributed by atoms with Gasteiger partial charge in [0.15, 0.2) is 24.6 Å². The molecular formula is C22H34N3O4+. The number of hydrogen-bond acceptors (Lipinski definition) is 4. The number of hydrogen-bond donors (Lipinski definition) is 2. The first-order valence-corrected chi connectivity index (χ1v) is 10.5. The van der Waals surface area contributed by atoms with E-state index in [-0.39, 0.29) is 29.9 Å². The first kappa shape index (κ1) is 21.4. The van der Waals surface area contributed by atoms with E-state index in [0.29, 0.717) is 19.8 Å². The van der Waals surface area contributed by atoms with E-state index in [1.165, 1.54) is 0 Å². The predicted molar refractivity (Wildman–Crippen MR) is 110 cm³/mol. The van der Waals surface area contributed by atoms with Crippen molar-refractivity contribution in [1.29, 1.82) is 0 Å². The third-order valence-electron chi connectivity index (χ3n) is 5.16. The molecular weight excluding hydrogens is 370 g/mol. The van der Waals surface area contributed by atoms with Crippen molar-refractivity contribution in [3.05, 3.63) is 23.8 Å². The van der Waals surface area contributed by atoms with E-state index in [1.807, 2.05) is 50.9 Å². The molecule has 160 valence electrons. The zero-order chi connectivity index (χ0) is 21.0. The van der Waals surface area contributed by atoms with Gasteiger partial charge in [-0.1, -0.05) is 6.07 Å². The Labute approximate surface area is 173 Å². The zero-order valence-corrected chi connectivity index (χ0v) is 18.0. The summed E-state index contributed by atoms with van der Waals surface area (Å²) in [5, 5.41) is 2.95. The van der Waals surface area contributed by atoms with Crippen LogP contribution in [0.2, 0.25) is 0 Å². The number of fused-ring (bicyclic) bond motifs is 1. The zero-order valence-electron chi connectivity index (χ0n) is 18.0. The van der Waals surface area contributed by atoms with Crippen LogP contribution >= 0.6 is 0 Å². The van der Waals surface area contributed by atoms with Crippen molar-refractivity contribution >= 4 is 11.8 Å². The molecule has 0 bridgehead atoms. The number of likely N-dealkylation sites (N-methyl/N-ethyl adjacent to an activating group) is 1. The largest absolute Gasteiger partial charge is 0.490 e. The molecule has 2 N–H and O–H groups in total. The number of quaternary nitrogens is 1. The van der Waals surface area contributed by atoms with E-state index in [1.54, 1.807) is 0 Å². The second-order valence-corrected chi connectivity index (χ2v) is 9.11. The van der Waals surface area contributed by atoms with E-state index in [9.17, 15) is 9.59 Å². The van der Waals surface area contributed by atoms with Crippen LogP contribution in [0.4, 0.5) is 0 Å². The molecule has 1 aromatic carbocycles. The summed E-state index contributed by atoms with van der Waals surface area (Å²) in [6.07, 6.45) is 2.79. The van der Waals surface area contributed by atoms with Gasteiger partial charge in [0.25, 0.3) is 11.8 Å². The van der Waals surface area contributed by atoms with Gasteiger partial charge in [0.1, 0.15) is 0 Å². The first-order chi connectivity index (χ1) is 13.7. The fraction of sp³-hybridized carbons (Fsp3) is 0.636. The minimum Gasteiger partial charge on any atom is -0.490 e. The molecule has 0 saturated carbocycles. The van der Waals surface area contributed by atoms with Crippen LogP contribution in [0.3, 0.4) is 0 Å². The van der Waals surface area contributed by atoms with Gasteiger partial charge in [-0.3, -0.25) is 9.59 Å².